The van der Waals surface area contributed by atoms with Crippen molar-refractivity contribution < 1.29 is 23.8 Å². The molecule has 1 unspecified atom stereocenters. The number of hydrogen-bond donors (Lipinski definition) is 1. The highest BCUT2D eigenvalue weighted by Gasteiger charge is 2.15. The largest absolute Gasteiger partial charge is 0.426 e. The fourth-order valence-electron chi connectivity index (χ4n) is 2.40. The number of rotatable bonds is 10. The summed E-state index contributed by atoms with van der Waals surface area (Å²) in [4.78, 5) is 23.6. The number of hydrogen-bond acceptors (Lipinski definition) is 7. The Labute approximate surface area is 173 Å². The van der Waals surface area contributed by atoms with Gasteiger partial charge in [-0.2, -0.15) is 0 Å². The van der Waals surface area contributed by atoms with Gasteiger partial charge in [0.2, 0.25) is 0 Å². The molecule has 158 valence electrons. The number of tetrazole rings is 1. The van der Waals surface area contributed by atoms with Crippen LogP contribution in [0.25, 0.3) is 5.57 Å². The van der Waals surface area contributed by atoms with Gasteiger partial charge in [-0.05, 0) is 48.5 Å². The zero-order valence-electron chi connectivity index (χ0n) is 16.7. The van der Waals surface area contributed by atoms with Crippen LogP contribution in [0.1, 0.15) is 38.6 Å². The van der Waals surface area contributed by atoms with Crippen molar-refractivity contribution in [2.45, 2.75) is 38.8 Å². The Morgan fingerprint density at radius 3 is 2.63 bits per heavy atom. The van der Waals surface area contributed by atoms with Crippen molar-refractivity contribution in [2.24, 2.45) is 0 Å². The summed E-state index contributed by atoms with van der Waals surface area (Å²) >= 11 is 0. The van der Waals surface area contributed by atoms with E-state index in [1.165, 1.54) is 18.2 Å². The standard InChI is InChI=1S/C21H23FN4O4/c1-14(2)26-21(23-24-25-26)15(3)6-4-5-7-17(27)12-18(28)13-20(29)30-19-10-8-16(22)9-11-19/h4-11,14,17,27H,3,12-13H2,1-2H3. The van der Waals surface area contributed by atoms with Crippen LogP contribution in [0.2, 0.25) is 0 Å². The highest BCUT2D eigenvalue weighted by Crippen LogP contribution is 2.14. The monoisotopic (exact) mass is 414 g/mol. The zero-order chi connectivity index (χ0) is 22.1. The lowest BCUT2D eigenvalue weighted by Crippen LogP contribution is -2.17. The summed E-state index contributed by atoms with van der Waals surface area (Å²) in [5, 5.41) is 21.4. The average Bonchev–Trinajstić information content (AvgIpc) is 3.17. The van der Waals surface area contributed by atoms with Gasteiger partial charge in [-0.1, -0.05) is 30.9 Å². The van der Waals surface area contributed by atoms with E-state index in [0.717, 1.165) is 12.1 Å². The summed E-state index contributed by atoms with van der Waals surface area (Å²) in [6.45, 7) is 7.79. The Hall–Kier alpha value is -3.46. The molecule has 0 saturated carbocycles. The molecule has 0 aliphatic heterocycles. The second-order valence-corrected chi connectivity index (χ2v) is 6.72. The fourth-order valence-corrected chi connectivity index (χ4v) is 2.40. The van der Waals surface area contributed by atoms with Crippen LogP contribution >= 0.6 is 0 Å². The number of ether oxygens (including phenoxy) is 1. The van der Waals surface area contributed by atoms with Gasteiger partial charge in [0.1, 0.15) is 23.8 Å². The number of Topliss-reactive ketones (excluding diaryl/α,β-unsaturated/α-hetero) is 1. The lowest BCUT2D eigenvalue weighted by atomic mass is 10.1. The number of allylic oxidation sites excluding steroid dienone is 4. The van der Waals surface area contributed by atoms with Gasteiger partial charge in [-0.25, -0.2) is 9.07 Å². The summed E-state index contributed by atoms with van der Waals surface area (Å²) in [5.74, 6) is -1.05. The third kappa shape index (κ3) is 7.17. The van der Waals surface area contributed by atoms with Crippen LogP contribution in [0.15, 0.2) is 55.1 Å². The number of esters is 1. The van der Waals surface area contributed by atoms with Gasteiger partial charge in [-0.15, -0.1) is 5.10 Å². The first-order chi connectivity index (χ1) is 14.3. The molecule has 8 nitrogen and oxygen atoms in total. The van der Waals surface area contributed by atoms with Crippen LogP contribution in [-0.4, -0.2) is 43.2 Å². The van der Waals surface area contributed by atoms with E-state index in [4.69, 9.17) is 4.74 Å². The Morgan fingerprint density at radius 1 is 1.27 bits per heavy atom. The first kappa shape index (κ1) is 22.8. The minimum Gasteiger partial charge on any atom is -0.426 e. The average molecular weight is 414 g/mol. The summed E-state index contributed by atoms with van der Waals surface area (Å²) in [6, 6.07) is 4.94. The van der Waals surface area contributed by atoms with E-state index in [2.05, 4.69) is 22.1 Å². The Balaban J connectivity index is 1.78. The number of aromatic nitrogens is 4. The van der Waals surface area contributed by atoms with Gasteiger partial charge in [0.15, 0.2) is 5.82 Å². The fraction of sp³-hybridized carbons (Fsp3) is 0.286. The lowest BCUT2D eigenvalue weighted by Gasteiger charge is -2.07. The van der Waals surface area contributed by atoms with Crippen molar-refractivity contribution in [3.63, 3.8) is 0 Å². The van der Waals surface area contributed by atoms with Gasteiger partial charge in [-0.3, -0.25) is 9.59 Å². The third-order valence-electron chi connectivity index (χ3n) is 3.83. The Morgan fingerprint density at radius 2 is 1.97 bits per heavy atom. The van der Waals surface area contributed by atoms with Crippen molar-refractivity contribution >= 4 is 17.3 Å². The third-order valence-corrected chi connectivity index (χ3v) is 3.83. The second-order valence-electron chi connectivity index (χ2n) is 6.72. The summed E-state index contributed by atoms with van der Waals surface area (Å²) in [7, 11) is 0. The van der Waals surface area contributed by atoms with E-state index < -0.39 is 30.1 Å². The van der Waals surface area contributed by atoms with Crippen LogP contribution in [-0.2, 0) is 9.59 Å². The minimum absolute atomic E-state index is 0.0817. The van der Waals surface area contributed by atoms with Crippen LogP contribution in [0.4, 0.5) is 4.39 Å². The maximum absolute atomic E-state index is 12.8. The Bertz CT molecular complexity index is 948. The zero-order valence-corrected chi connectivity index (χ0v) is 16.7. The SMILES string of the molecule is C=C(C=CC=CC(O)CC(=O)CC(=O)Oc1ccc(F)cc1)c1nnnn1C(C)C. The molecule has 0 amide bonds. The number of aliphatic hydroxyl groups excluding tert-OH is 1. The van der Waals surface area contributed by atoms with Crippen molar-refractivity contribution in [1.82, 2.24) is 20.2 Å². The Kier molecular flexibility index (Phi) is 8.30. The van der Waals surface area contributed by atoms with Crippen molar-refractivity contribution in [3.05, 3.63) is 66.8 Å². The van der Waals surface area contributed by atoms with Gasteiger partial charge in [0.25, 0.3) is 0 Å². The van der Waals surface area contributed by atoms with E-state index in [1.807, 2.05) is 13.8 Å². The molecule has 0 saturated heterocycles. The van der Waals surface area contributed by atoms with Crippen molar-refractivity contribution in [2.75, 3.05) is 0 Å². The molecule has 0 aliphatic rings. The summed E-state index contributed by atoms with van der Waals surface area (Å²) < 4.78 is 19.4. The van der Waals surface area contributed by atoms with E-state index in [1.54, 1.807) is 22.9 Å². The molecule has 0 radical (unpaired) electrons. The molecular formula is C21H23FN4O4. The molecule has 0 aliphatic carbocycles. The molecule has 1 atom stereocenters. The highest BCUT2D eigenvalue weighted by molar-refractivity contribution is 5.96. The van der Waals surface area contributed by atoms with E-state index in [9.17, 15) is 19.1 Å². The number of benzene rings is 1. The molecule has 2 aromatic rings. The normalized spacial score (nSPS) is 12.6. The van der Waals surface area contributed by atoms with Crippen molar-refractivity contribution in [1.29, 1.82) is 0 Å². The molecule has 0 bridgehead atoms. The minimum atomic E-state index is -1.06. The van der Waals surface area contributed by atoms with Crippen LogP contribution in [0, 0.1) is 5.82 Å². The van der Waals surface area contributed by atoms with Gasteiger partial charge >= 0.3 is 5.97 Å². The smallest absolute Gasteiger partial charge is 0.318 e. The summed E-state index contributed by atoms with van der Waals surface area (Å²) in [6.07, 6.45) is 4.49. The highest BCUT2D eigenvalue weighted by atomic mass is 19.1. The number of carbonyl (C=O) groups is 2. The number of halogens is 1. The number of ketones is 1. The molecule has 1 aromatic heterocycles. The number of nitrogens with zero attached hydrogens (tertiary/aromatic N) is 4. The van der Waals surface area contributed by atoms with Crippen molar-refractivity contribution in [3.8, 4) is 5.75 Å². The molecule has 1 aromatic carbocycles. The lowest BCUT2D eigenvalue weighted by molar-refractivity contribution is -0.138. The molecule has 30 heavy (non-hydrogen) atoms. The van der Waals surface area contributed by atoms with E-state index in [-0.39, 0.29) is 18.2 Å². The van der Waals surface area contributed by atoms with Gasteiger partial charge in [0.05, 0.1) is 12.1 Å². The predicted molar refractivity (Wildman–Crippen MR) is 108 cm³/mol. The molecule has 2 rings (SSSR count). The molecule has 9 heteroatoms. The van der Waals surface area contributed by atoms with Gasteiger partial charge < -0.3 is 9.84 Å². The van der Waals surface area contributed by atoms with E-state index in [0.29, 0.717) is 11.4 Å². The molecule has 0 spiro atoms. The van der Waals surface area contributed by atoms with Crippen LogP contribution in [0.5, 0.6) is 5.75 Å². The maximum atomic E-state index is 12.8. The molecular weight excluding hydrogens is 391 g/mol. The maximum Gasteiger partial charge on any atom is 0.318 e. The first-order valence-corrected chi connectivity index (χ1v) is 9.24. The first-order valence-electron chi connectivity index (χ1n) is 9.24. The summed E-state index contributed by atoms with van der Waals surface area (Å²) in [5.41, 5.74) is 0.590. The van der Waals surface area contributed by atoms with Crippen LogP contribution < -0.4 is 4.74 Å². The van der Waals surface area contributed by atoms with Gasteiger partial charge in [0, 0.05) is 12.0 Å². The number of aliphatic hydroxyl groups is 1. The van der Waals surface area contributed by atoms with E-state index >= 15 is 0 Å². The molecule has 1 heterocycles. The second kappa shape index (κ2) is 10.9. The quantitative estimate of drug-likeness (QED) is 0.276. The number of carbonyl (C=O) groups excluding carboxylic acids is 2. The van der Waals surface area contributed by atoms with Crippen LogP contribution in [0.3, 0.4) is 0 Å². The topological polar surface area (TPSA) is 107 Å². The molecule has 1 N–H and O–H groups in total. The predicted octanol–water partition coefficient (Wildman–Crippen LogP) is 2.83. The molecule has 0 fully saturated rings.